The molecule has 0 atom stereocenters. The Hall–Kier alpha value is -1.79. The molecule has 1 heterocycles. The van der Waals surface area contributed by atoms with E-state index in [1.807, 2.05) is 6.07 Å². The maximum absolute atomic E-state index is 9.39. The fraction of sp³-hybridized carbons (Fsp3) is 0.333. The van der Waals surface area contributed by atoms with Crippen molar-refractivity contribution in [3.05, 3.63) is 52.2 Å². The Morgan fingerprint density at radius 3 is 2.67 bits per heavy atom. The third kappa shape index (κ3) is 2.96. The van der Waals surface area contributed by atoms with Gasteiger partial charge >= 0.3 is 0 Å². The quantitative estimate of drug-likeness (QED) is 0.812. The Morgan fingerprint density at radius 1 is 1.10 bits per heavy atom. The maximum atomic E-state index is 9.39. The Balaban J connectivity index is 1.97. The van der Waals surface area contributed by atoms with Gasteiger partial charge in [0.1, 0.15) is 11.1 Å². The van der Waals surface area contributed by atoms with E-state index >= 15 is 0 Å². The van der Waals surface area contributed by atoms with E-state index in [0.717, 1.165) is 22.8 Å². The molecule has 0 saturated carbocycles. The summed E-state index contributed by atoms with van der Waals surface area (Å²) in [7, 11) is 0. The number of pyridine rings is 1. The monoisotopic (exact) mass is 294 g/mol. The number of rotatable bonds is 2. The van der Waals surface area contributed by atoms with Crippen molar-refractivity contribution in [2.24, 2.45) is 0 Å². The van der Waals surface area contributed by atoms with Crippen LogP contribution in [0.3, 0.4) is 0 Å². The Morgan fingerprint density at radius 2 is 1.90 bits per heavy atom. The van der Waals surface area contributed by atoms with Crippen LogP contribution in [0.1, 0.15) is 40.8 Å². The highest BCUT2D eigenvalue weighted by Gasteiger charge is 2.16. The summed E-state index contributed by atoms with van der Waals surface area (Å²) < 4.78 is 0. The van der Waals surface area contributed by atoms with Gasteiger partial charge in [-0.25, -0.2) is 4.98 Å². The molecule has 2 aromatic rings. The summed E-state index contributed by atoms with van der Waals surface area (Å²) in [5.74, 6) is 0. The predicted octanol–water partition coefficient (Wildman–Crippen LogP) is 4.60. The van der Waals surface area contributed by atoms with E-state index < -0.39 is 0 Å². The molecule has 0 bridgehead atoms. The highest BCUT2D eigenvalue weighted by molar-refractivity contribution is 7.99. The lowest BCUT2D eigenvalue weighted by Gasteiger charge is -2.16. The van der Waals surface area contributed by atoms with Crippen LogP contribution in [-0.2, 0) is 12.8 Å². The molecule has 0 N–H and O–H groups in total. The predicted molar refractivity (Wildman–Crippen MR) is 85.6 cm³/mol. The van der Waals surface area contributed by atoms with Crippen LogP contribution in [0.4, 0.5) is 0 Å². The summed E-state index contributed by atoms with van der Waals surface area (Å²) >= 11 is 1.60. The van der Waals surface area contributed by atoms with E-state index in [1.54, 1.807) is 11.8 Å². The van der Waals surface area contributed by atoms with Gasteiger partial charge in [-0.2, -0.15) is 5.26 Å². The lowest BCUT2D eigenvalue weighted by Crippen LogP contribution is -2.07. The van der Waals surface area contributed by atoms with Crippen LogP contribution in [0.5, 0.6) is 0 Å². The van der Waals surface area contributed by atoms with Crippen LogP contribution in [0.25, 0.3) is 0 Å². The van der Waals surface area contributed by atoms with E-state index in [9.17, 15) is 5.26 Å². The first kappa shape index (κ1) is 14.2. The smallest absolute Gasteiger partial charge is 0.119 e. The van der Waals surface area contributed by atoms with Crippen molar-refractivity contribution in [2.75, 3.05) is 0 Å². The van der Waals surface area contributed by atoms with Crippen LogP contribution in [0.15, 0.2) is 34.2 Å². The van der Waals surface area contributed by atoms with Crippen molar-refractivity contribution in [2.45, 2.75) is 49.5 Å². The third-order valence-electron chi connectivity index (χ3n) is 4.08. The molecule has 1 aromatic heterocycles. The lowest BCUT2D eigenvalue weighted by atomic mass is 9.95. The standard InChI is InChI=1S/C18H18N2S/c1-12-7-8-16(9-13(12)2)21-18-15(11-19)10-14-5-3-4-6-17(14)20-18/h7-10H,3-6H2,1-2H3. The van der Waals surface area contributed by atoms with Gasteiger partial charge in [-0.1, -0.05) is 17.8 Å². The second-order valence-electron chi connectivity index (χ2n) is 5.61. The zero-order chi connectivity index (χ0) is 14.8. The van der Waals surface area contributed by atoms with Gasteiger partial charge in [0.05, 0.1) is 5.56 Å². The second-order valence-corrected chi connectivity index (χ2v) is 6.68. The van der Waals surface area contributed by atoms with Gasteiger partial charge in [0, 0.05) is 10.6 Å². The molecule has 0 saturated heterocycles. The van der Waals surface area contributed by atoms with Gasteiger partial charge in [0.2, 0.25) is 0 Å². The minimum atomic E-state index is 0.707. The van der Waals surface area contributed by atoms with Crippen LogP contribution in [0.2, 0.25) is 0 Å². The molecule has 0 aliphatic heterocycles. The largest absolute Gasteiger partial charge is 0.244 e. The highest BCUT2D eigenvalue weighted by Crippen LogP contribution is 2.32. The number of nitriles is 1. The van der Waals surface area contributed by atoms with E-state index in [4.69, 9.17) is 4.98 Å². The van der Waals surface area contributed by atoms with Crippen molar-refractivity contribution in [1.29, 1.82) is 5.26 Å². The number of hydrogen-bond donors (Lipinski definition) is 0. The molecule has 21 heavy (non-hydrogen) atoms. The summed E-state index contributed by atoms with van der Waals surface area (Å²) in [4.78, 5) is 5.92. The molecule has 0 radical (unpaired) electrons. The second kappa shape index (κ2) is 5.91. The van der Waals surface area contributed by atoms with Gasteiger partial charge < -0.3 is 0 Å². The molecule has 1 aliphatic rings. The minimum Gasteiger partial charge on any atom is -0.244 e. The fourth-order valence-electron chi connectivity index (χ4n) is 2.66. The molecule has 0 amide bonds. The van der Waals surface area contributed by atoms with E-state index in [1.165, 1.54) is 35.2 Å². The molecule has 0 fully saturated rings. The summed E-state index contributed by atoms with van der Waals surface area (Å²) in [6.45, 7) is 4.23. The first-order valence-electron chi connectivity index (χ1n) is 7.35. The van der Waals surface area contributed by atoms with E-state index in [0.29, 0.717) is 5.56 Å². The van der Waals surface area contributed by atoms with Gasteiger partial charge in [0.25, 0.3) is 0 Å². The highest BCUT2D eigenvalue weighted by atomic mass is 32.2. The summed E-state index contributed by atoms with van der Waals surface area (Å²) in [6, 6.07) is 10.8. The average molecular weight is 294 g/mol. The molecule has 0 spiro atoms. The van der Waals surface area contributed by atoms with Crippen molar-refractivity contribution in [1.82, 2.24) is 4.98 Å². The van der Waals surface area contributed by atoms with Crippen molar-refractivity contribution in [3.8, 4) is 6.07 Å². The zero-order valence-electron chi connectivity index (χ0n) is 12.4. The van der Waals surface area contributed by atoms with Crippen LogP contribution >= 0.6 is 11.8 Å². The first-order chi connectivity index (χ1) is 10.2. The summed E-state index contributed by atoms with van der Waals surface area (Å²) in [6.07, 6.45) is 4.52. The Labute approximate surface area is 130 Å². The van der Waals surface area contributed by atoms with Gasteiger partial charge in [-0.3, -0.25) is 0 Å². The number of hydrogen-bond acceptors (Lipinski definition) is 3. The topological polar surface area (TPSA) is 36.7 Å². The molecule has 2 nitrogen and oxygen atoms in total. The number of aryl methyl sites for hydroxylation is 4. The fourth-order valence-corrected chi connectivity index (χ4v) is 3.63. The zero-order valence-corrected chi connectivity index (χ0v) is 13.3. The van der Waals surface area contributed by atoms with Gasteiger partial charge in [-0.05, 0) is 74.4 Å². The van der Waals surface area contributed by atoms with Gasteiger partial charge in [-0.15, -0.1) is 0 Å². The molecular formula is C18H18N2S. The summed E-state index contributed by atoms with van der Waals surface area (Å²) in [5.41, 5.74) is 5.72. The van der Waals surface area contributed by atoms with Gasteiger partial charge in [0.15, 0.2) is 0 Å². The molecule has 3 heteroatoms. The Bertz CT molecular complexity index is 729. The first-order valence-corrected chi connectivity index (χ1v) is 8.17. The van der Waals surface area contributed by atoms with Crippen LogP contribution < -0.4 is 0 Å². The molecule has 1 aromatic carbocycles. The Kier molecular flexibility index (Phi) is 3.98. The molecule has 0 unspecified atom stereocenters. The van der Waals surface area contributed by atoms with Crippen LogP contribution in [0, 0.1) is 25.2 Å². The van der Waals surface area contributed by atoms with Crippen molar-refractivity contribution >= 4 is 11.8 Å². The number of benzene rings is 1. The van der Waals surface area contributed by atoms with E-state index in [-0.39, 0.29) is 0 Å². The van der Waals surface area contributed by atoms with Crippen molar-refractivity contribution in [3.63, 3.8) is 0 Å². The van der Waals surface area contributed by atoms with Crippen LogP contribution in [-0.4, -0.2) is 4.98 Å². The molecular weight excluding hydrogens is 276 g/mol. The summed E-state index contributed by atoms with van der Waals surface area (Å²) in [5, 5.41) is 10.2. The number of aromatic nitrogens is 1. The van der Waals surface area contributed by atoms with E-state index in [2.05, 4.69) is 38.1 Å². The third-order valence-corrected chi connectivity index (χ3v) is 5.07. The minimum absolute atomic E-state index is 0.707. The SMILES string of the molecule is Cc1ccc(Sc2nc3c(cc2C#N)CCCC3)cc1C. The molecule has 106 valence electrons. The van der Waals surface area contributed by atoms with Crippen molar-refractivity contribution < 1.29 is 0 Å². The normalized spacial score (nSPS) is 13.6. The maximum Gasteiger partial charge on any atom is 0.119 e. The lowest BCUT2D eigenvalue weighted by molar-refractivity contribution is 0.660. The number of fused-ring (bicyclic) bond motifs is 1. The number of nitrogens with zero attached hydrogens (tertiary/aromatic N) is 2. The molecule has 1 aliphatic carbocycles. The average Bonchev–Trinajstić information content (AvgIpc) is 2.50. The molecule has 3 rings (SSSR count).